The maximum absolute atomic E-state index is 9.12. The van der Waals surface area contributed by atoms with Crippen LogP contribution < -0.4 is 11.5 Å². The molecule has 60 valence electrons. The zero-order valence-electron chi connectivity index (χ0n) is 5.91. The molecule has 0 spiro atoms. The van der Waals surface area contributed by atoms with Gasteiger partial charge in [-0.1, -0.05) is 0 Å². The lowest BCUT2D eigenvalue weighted by atomic mass is 10.1. The number of benzene rings is 1. The molecule has 11 heavy (non-hydrogen) atoms. The Kier molecular flexibility index (Phi) is 1.87. The summed E-state index contributed by atoms with van der Waals surface area (Å²) in [6.07, 6.45) is 0. The average molecular weight is 154 g/mol. The summed E-state index contributed by atoms with van der Waals surface area (Å²) in [5, 5.41) is 18.1. The van der Waals surface area contributed by atoms with Crippen molar-refractivity contribution in [2.75, 3.05) is 5.73 Å². The Bertz CT molecular complexity index is 273. The SMILES string of the molecule is NCc1cc(N)c(O)cc1O. The van der Waals surface area contributed by atoms with E-state index in [4.69, 9.17) is 21.7 Å². The molecule has 0 heterocycles. The van der Waals surface area contributed by atoms with Crippen molar-refractivity contribution in [3.8, 4) is 11.5 Å². The number of hydrogen-bond donors (Lipinski definition) is 4. The van der Waals surface area contributed by atoms with E-state index >= 15 is 0 Å². The molecule has 1 aromatic carbocycles. The van der Waals surface area contributed by atoms with E-state index in [1.807, 2.05) is 0 Å². The molecule has 0 fully saturated rings. The first-order chi connectivity index (χ1) is 5.15. The second-order valence-electron chi connectivity index (χ2n) is 2.24. The number of phenolic OH excluding ortho intramolecular Hbond substituents is 2. The lowest BCUT2D eigenvalue weighted by Gasteiger charge is -2.04. The smallest absolute Gasteiger partial charge is 0.142 e. The van der Waals surface area contributed by atoms with Crippen molar-refractivity contribution in [2.24, 2.45) is 5.73 Å². The summed E-state index contributed by atoms with van der Waals surface area (Å²) >= 11 is 0. The summed E-state index contributed by atoms with van der Waals surface area (Å²) in [4.78, 5) is 0. The van der Waals surface area contributed by atoms with Crippen LogP contribution in [-0.4, -0.2) is 10.2 Å². The third kappa shape index (κ3) is 1.35. The van der Waals surface area contributed by atoms with Crippen LogP contribution in [0.25, 0.3) is 0 Å². The fourth-order valence-corrected chi connectivity index (χ4v) is 0.805. The highest BCUT2D eigenvalue weighted by Gasteiger charge is 2.03. The highest BCUT2D eigenvalue weighted by molar-refractivity contribution is 5.57. The monoisotopic (exact) mass is 154 g/mol. The summed E-state index contributed by atoms with van der Waals surface area (Å²) in [6.45, 7) is 0.205. The molecule has 1 rings (SSSR count). The van der Waals surface area contributed by atoms with Crippen LogP contribution >= 0.6 is 0 Å². The van der Waals surface area contributed by atoms with Gasteiger partial charge in [-0.25, -0.2) is 0 Å². The molecule has 4 nitrogen and oxygen atoms in total. The largest absolute Gasteiger partial charge is 0.507 e. The highest BCUT2D eigenvalue weighted by Crippen LogP contribution is 2.28. The van der Waals surface area contributed by atoms with Crippen LogP contribution in [-0.2, 0) is 6.54 Å². The van der Waals surface area contributed by atoms with Gasteiger partial charge in [0.2, 0.25) is 0 Å². The molecule has 0 radical (unpaired) electrons. The second-order valence-corrected chi connectivity index (χ2v) is 2.24. The Morgan fingerprint density at radius 1 is 1.18 bits per heavy atom. The average Bonchev–Trinajstić information content (AvgIpc) is 1.97. The van der Waals surface area contributed by atoms with Crippen molar-refractivity contribution >= 4 is 5.69 Å². The van der Waals surface area contributed by atoms with Crippen LogP contribution in [0.4, 0.5) is 5.69 Å². The summed E-state index contributed by atoms with van der Waals surface area (Å²) in [6, 6.07) is 2.63. The van der Waals surface area contributed by atoms with Gasteiger partial charge in [-0.2, -0.15) is 0 Å². The molecule has 0 amide bonds. The van der Waals surface area contributed by atoms with Gasteiger partial charge in [0, 0.05) is 18.2 Å². The van der Waals surface area contributed by atoms with Crippen molar-refractivity contribution in [1.29, 1.82) is 0 Å². The Balaban J connectivity index is 3.21. The van der Waals surface area contributed by atoms with Crippen molar-refractivity contribution in [3.63, 3.8) is 0 Å². The fraction of sp³-hybridized carbons (Fsp3) is 0.143. The first-order valence-electron chi connectivity index (χ1n) is 3.15. The van der Waals surface area contributed by atoms with Gasteiger partial charge in [-0.05, 0) is 6.07 Å². The van der Waals surface area contributed by atoms with E-state index in [9.17, 15) is 0 Å². The number of hydrogen-bond acceptors (Lipinski definition) is 4. The lowest BCUT2D eigenvalue weighted by Crippen LogP contribution is -1.98. The van der Waals surface area contributed by atoms with Crippen molar-refractivity contribution in [2.45, 2.75) is 6.54 Å². The minimum absolute atomic E-state index is 0.0285. The van der Waals surface area contributed by atoms with Gasteiger partial charge in [0.15, 0.2) is 0 Å². The van der Waals surface area contributed by atoms with Gasteiger partial charge in [0.25, 0.3) is 0 Å². The van der Waals surface area contributed by atoms with E-state index in [-0.39, 0.29) is 23.7 Å². The molecule has 1 aromatic rings. The Morgan fingerprint density at radius 2 is 1.82 bits per heavy atom. The number of aromatic hydroxyl groups is 2. The number of anilines is 1. The molecule has 0 aliphatic heterocycles. The first kappa shape index (κ1) is 7.68. The summed E-state index contributed by atoms with van der Waals surface area (Å²) in [5.41, 5.74) is 11.4. The Morgan fingerprint density at radius 3 is 2.36 bits per heavy atom. The van der Waals surface area contributed by atoms with Gasteiger partial charge >= 0.3 is 0 Å². The third-order valence-electron chi connectivity index (χ3n) is 1.45. The third-order valence-corrected chi connectivity index (χ3v) is 1.45. The van der Waals surface area contributed by atoms with Gasteiger partial charge in [-0.3, -0.25) is 0 Å². The highest BCUT2D eigenvalue weighted by atomic mass is 16.3. The van der Waals surface area contributed by atoms with Gasteiger partial charge in [0.05, 0.1) is 5.69 Å². The van der Waals surface area contributed by atoms with Crippen molar-refractivity contribution in [1.82, 2.24) is 0 Å². The van der Waals surface area contributed by atoms with E-state index in [1.54, 1.807) is 0 Å². The Hall–Kier alpha value is -1.42. The van der Waals surface area contributed by atoms with Crippen LogP contribution in [0, 0.1) is 0 Å². The van der Waals surface area contributed by atoms with Crippen LogP contribution in [0.3, 0.4) is 0 Å². The van der Waals surface area contributed by atoms with Crippen LogP contribution in [0.5, 0.6) is 11.5 Å². The van der Waals surface area contributed by atoms with E-state index < -0.39 is 0 Å². The number of nitrogen functional groups attached to an aromatic ring is 1. The molecule has 0 atom stereocenters. The molecule has 0 saturated heterocycles. The normalized spacial score (nSPS) is 9.91. The summed E-state index contributed by atoms with van der Waals surface area (Å²) in [5.74, 6) is -0.154. The van der Waals surface area contributed by atoms with Crippen LogP contribution in [0.2, 0.25) is 0 Å². The van der Waals surface area contributed by atoms with Crippen molar-refractivity contribution in [3.05, 3.63) is 17.7 Å². The Labute approximate surface area is 64.1 Å². The molecule has 0 bridgehead atoms. The summed E-state index contributed by atoms with van der Waals surface area (Å²) < 4.78 is 0. The standard InChI is InChI=1S/C7H10N2O2/c8-3-4-1-5(9)7(11)2-6(4)10/h1-2,10-11H,3,8-9H2. The maximum Gasteiger partial charge on any atom is 0.142 e. The molecule has 4 heteroatoms. The molecular weight excluding hydrogens is 144 g/mol. The number of phenols is 2. The van der Waals surface area contributed by atoms with E-state index in [2.05, 4.69) is 0 Å². The predicted molar refractivity (Wildman–Crippen MR) is 42.1 cm³/mol. The lowest BCUT2D eigenvalue weighted by molar-refractivity contribution is 0.447. The fourth-order valence-electron chi connectivity index (χ4n) is 0.805. The minimum atomic E-state index is -0.125. The maximum atomic E-state index is 9.12. The topological polar surface area (TPSA) is 92.5 Å². The second kappa shape index (κ2) is 2.67. The first-order valence-corrected chi connectivity index (χ1v) is 3.15. The van der Waals surface area contributed by atoms with Gasteiger partial charge in [0.1, 0.15) is 11.5 Å². The predicted octanol–water partition coefficient (Wildman–Crippen LogP) is 0.139. The number of rotatable bonds is 1. The minimum Gasteiger partial charge on any atom is -0.507 e. The zero-order valence-corrected chi connectivity index (χ0v) is 5.91. The van der Waals surface area contributed by atoms with Gasteiger partial charge in [-0.15, -0.1) is 0 Å². The molecular formula is C7H10N2O2. The zero-order chi connectivity index (χ0) is 8.43. The van der Waals surface area contributed by atoms with E-state index in [0.29, 0.717) is 5.56 Å². The summed E-state index contributed by atoms with van der Waals surface area (Å²) in [7, 11) is 0. The molecule has 0 unspecified atom stereocenters. The van der Waals surface area contributed by atoms with Crippen LogP contribution in [0.15, 0.2) is 12.1 Å². The molecule has 0 aliphatic rings. The van der Waals surface area contributed by atoms with Crippen molar-refractivity contribution < 1.29 is 10.2 Å². The molecule has 0 saturated carbocycles. The van der Waals surface area contributed by atoms with E-state index in [0.717, 1.165) is 0 Å². The molecule has 6 N–H and O–H groups in total. The number of nitrogens with two attached hydrogens (primary N) is 2. The van der Waals surface area contributed by atoms with Gasteiger partial charge < -0.3 is 21.7 Å². The van der Waals surface area contributed by atoms with Crippen LogP contribution in [0.1, 0.15) is 5.56 Å². The quantitative estimate of drug-likeness (QED) is 0.263. The van der Waals surface area contributed by atoms with E-state index in [1.165, 1.54) is 12.1 Å². The molecule has 0 aromatic heterocycles. The molecule has 0 aliphatic carbocycles.